The van der Waals surface area contributed by atoms with E-state index in [0.717, 1.165) is 38.0 Å². The number of hydrogen-bond acceptors (Lipinski definition) is 3. The van der Waals surface area contributed by atoms with E-state index < -0.39 is 0 Å². The van der Waals surface area contributed by atoms with Crippen LogP contribution >= 0.6 is 0 Å². The Labute approximate surface area is 195 Å². The van der Waals surface area contributed by atoms with Gasteiger partial charge in [0, 0.05) is 39.1 Å². The molecule has 1 saturated heterocycles. The van der Waals surface area contributed by atoms with Crippen molar-refractivity contribution >= 4 is 11.8 Å². The van der Waals surface area contributed by atoms with Crippen molar-refractivity contribution in [2.75, 3.05) is 32.8 Å². The van der Waals surface area contributed by atoms with Gasteiger partial charge in [-0.2, -0.15) is 0 Å². The molecule has 5 heteroatoms. The predicted molar refractivity (Wildman–Crippen MR) is 109 cm³/mol. The van der Waals surface area contributed by atoms with Crippen LogP contribution in [-0.4, -0.2) is 49.0 Å². The van der Waals surface area contributed by atoms with Crippen LogP contribution in [-0.2, 0) is 53.5 Å². The second-order valence-corrected chi connectivity index (χ2v) is 8.67. The fraction of sp³-hybridized carbons (Fsp3) is 0.652. The summed E-state index contributed by atoms with van der Waals surface area (Å²) in [6.07, 6.45) is 2.34. The maximum atomic E-state index is 12.9. The van der Waals surface area contributed by atoms with Crippen LogP contribution in [0.1, 0.15) is 50.3 Å². The van der Waals surface area contributed by atoms with E-state index in [9.17, 15) is 9.59 Å². The molecule has 0 bridgehead atoms. The smallest absolute Gasteiger partial charge is 0.314 e. The van der Waals surface area contributed by atoms with Gasteiger partial charge in [-0.25, -0.2) is 0 Å². The van der Waals surface area contributed by atoms with Crippen LogP contribution in [0.15, 0.2) is 18.2 Å². The fourth-order valence-corrected chi connectivity index (χ4v) is 4.18. The summed E-state index contributed by atoms with van der Waals surface area (Å²) in [6.45, 7) is 13.9. The Kier molecular flexibility index (Phi) is 10.5. The number of benzene rings is 1. The molecule has 4 nitrogen and oxygen atoms in total. The minimum Gasteiger partial charge on any atom is -0.465 e. The van der Waals surface area contributed by atoms with Crippen molar-refractivity contribution in [2.24, 2.45) is 11.8 Å². The Morgan fingerprint density at radius 1 is 1.21 bits per heavy atom. The average Bonchev–Trinajstić information content (AvgIpc) is 2.63. The molecule has 1 aromatic carbocycles. The molecule has 1 aliphatic rings. The van der Waals surface area contributed by atoms with Crippen LogP contribution < -0.4 is 0 Å². The third-order valence-electron chi connectivity index (χ3n) is 5.89. The number of Topliss-reactive ketones (excluding diaryl/α,β-unsaturated/α-hetero) is 1. The second kappa shape index (κ2) is 11.6. The Hall–Kier alpha value is -0.576. The van der Waals surface area contributed by atoms with Crippen molar-refractivity contribution in [3.63, 3.8) is 0 Å². The van der Waals surface area contributed by atoms with Gasteiger partial charge in [0.15, 0.2) is 5.78 Å². The Morgan fingerprint density at radius 3 is 2.43 bits per heavy atom. The van der Waals surface area contributed by atoms with Crippen molar-refractivity contribution in [1.82, 2.24) is 0 Å². The molecular weight excluding hydrogens is 427 g/mol. The molecule has 2 atom stereocenters. The molecule has 1 radical (unpaired) electrons. The third-order valence-corrected chi connectivity index (χ3v) is 5.89. The molecule has 0 aromatic heterocycles. The van der Waals surface area contributed by atoms with Crippen LogP contribution in [0.3, 0.4) is 0 Å². The molecule has 153 valence electrons. The molecule has 0 N–H and O–H groups in total. The van der Waals surface area contributed by atoms with Gasteiger partial charge in [0.25, 0.3) is 0 Å². The average molecular weight is 463 g/mol. The normalized spacial score (nSPS) is 21.9. The first-order chi connectivity index (χ1) is 12.8. The molecule has 1 fully saturated rings. The number of ketones is 1. The van der Waals surface area contributed by atoms with Crippen molar-refractivity contribution in [1.29, 1.82) is 0 Å². The number of rotatable bonds is 8. The van der Waals surface area contributed by atoms with E-state index >= 15 is 0 Å². The van der Waals surface area contributed by atoms with Crippen LogP contribution in [0.2, 0.25) is 0 Å². The molecular formula is C23H36NO3Y+. The Balaban J connectivity index is 0.00000392. The number of carbonyl (C=O) groups is 2. The third kappa shape index (κ3) is 7.04. The summed E-state index contributed by atoms with van der Waals surface area (Å²) in [5.41, 5.74) is 3.52. The molecule has 0 amide bonds. The van der Waals surface area contributed by atoms with E-state index in [1.165, 1.54) is 11.1 Å². The van der Waals surface area contributed by atoms with Crippen LogP contribution in [0.25, 0.3) is 0 Å². The largest absolute Gasteiger partial charge is 0.465 e. The van der Waals surface area contributed by atoms with Gasteiger partial charge >= 0.3 is 5.97 Å². The molecule has 0 aliphatic carbocycles. The van der Waals surface area contributed by atoms with E-state index in [4.69, 9.17) is 4.74 Å². The number of piperidine rings is 1. The molecule has 1 aromatic rings. The molecule has 28 heavy (non-hydrogen) atoms. The molecule has 2 unspecified atom stereocenters. The molecule has 1 aliphatic heterocycles. The van der Waals surface area contributed by atoms with Gasteiger partial charge in [-0.1, -0.05) is 32.0 Å². The van der Waals surface area contributed by atoms with E-state index in [0.29, 0.717) is 30.0 Å². The second-order valence-electron chi connectivity index (χ2n) is 8.67. The number of aryl methyl sites for hydroxylation is 2. The predicted octanol–water partition coefficient (Wildman–Crippen LogP) is 3.86. The number of ether oxygens (including phenoxy) is 1. The SMILES string of the molecule is CC[N+]1(CC(=O)Cc2c(C)cccc2C)CCCC(C(=O)OCC(C)C)C1.[Y]. The number of likely N-dealkylation sites (N-methyl/N-ethyl adjacent to an activating group) is 1. The first-order valence-corrected chi connectivity index (χ1v) is 10.3. The Morgan fingerprint density at radius 2 is 1.86 bits per heavy atom. The number of nitrogens with zero attached hydrogens (tertiary/aromatic N) is 1. The first kappa shape index (κ1) is 25.5. The quantitative estimate of drug-likeness (QED) is 0.435. The zero-order valence-electron chi connectivity index (χ0n) is 18.3. The summed E-state index contributed by atoms with van der Waals surface area (Å²) in [4.78, 5) is 25.4. The number of esters is 1. The maximum absolute atomic E-state index is 12.9. The summed E-state index contributed by atoms with van der Waals surface area (Å²) in [5.74, 6) is 0.458. The summed E-state index contributed by atoms with van der Waals surface area (Å²) < 4.78 is 6.19. The zero-order chi connectivity index (χ0) is 20.0. The number of hydrogen-bond donors (Lipinski definition) is 0. The van der Waals surface area contributed by atoms with Crippen molar-refractivity contribution < 1.29 is 51.5 Å². The fourth-order valence-electron chi connectivity index (χ4n) is 4.18. The first-order valence-electron chi connectivity index (χ1n) is 10.3. The van der Waals surface area contributed by atoms with Crippen LogP contribution in [0.5, 0.6) is 0 Å². The van der Waals surface area contributed by atoms with E-state index in [1.54, 1.807) is 0 Å². The van der Waals surface area contributed by atoms with Gasteiger partial charge in [-0.05, 0) is 56.2 Å². The van der Waals surface area contributed by atoms with Crippen LogP contribution in [0.4, 0.5) is 0 Å². The van der Waals surface area contributed by atoms with Gasteiger partial charge in [-0.15, -0.1) is 0 Å². The van der Waals surface area contributed by atoms with Gasteiger partial charge in [0.05, 0.1) is 26.2 Å². The monoisotopic (exact) mass is 463 g/mol. The van der Waals surface area contributed by atoms with E-state index in [1.807, 2.05) is 19.9 Å². The summed E-state index contributed by atoms with van der Waals surface area (Å²) >= 11 is 0. The molecule has 1 heterocycles. The van der Waals surface area contributed by atoms with E-state index in [2.05, 4.69) is 32.9 Å². The topological polar surface area (TPSA) is 43.4 Å². The molecule has 0 spiro atoms. The summed E-state index contributed by atoms with van der Waals surface area (Å²) in [7, 11) is 0. The van der Waals surface area contributed by atoms with E-state index in [-0.39, 0.29) is 50.4 Å². The zero-order valence-corrected chi connectivity index (χ0v) is 21.1. The van der Waals surface area contributed by atoms with Gasteiger partial charge < -0.3 is 9.22 Å². The molecule has 2 rings (SSSR count). The number of carbonyl (C=O) groups excluding carboxylic acids is 2. The maximum Gasteiger partial charge on any atom is 0.314 e. The van der Waals surface area contributed by atoms with Crippen molar-refractivity contribution in [3.05, 3.63) is 34.9 Å². The standard InChI is InChI=1S/C23H36NO3.Y/c1-6-24(12-8-11-20(14-24)23(26)27-16-17(2)3)15-21(25)13-22-18(4)9-7-10-19(22)5;/h7,9-10,17,20H,6,8,11-16H2,1-5H3;/q+1;. The van der Waals surface area contributed by atoms with Crippen molar-refractivity contribution in [3.8, 4) is 0 Å². The van der Waals surface area contributed by atoms with Gasteiger partial charge in [0.2, 0.25) is 0 Å². The van der Waals surface area contributed by atoms with Gasteiger partial charge in [-0.3, -0.25) is 9.59 Å². The summed E-state index contributed by atoms with van der Waals surface area (Å²) in [6, 6.07) is 6.18. The summed E-state index contributed by atoms with van der Waals surface area (Å²) in [5, 5.41) is 0. The van der Waals surface area contributed by atoms with Crippen LogP contribution in [0, 0.1) is 25.7 Å². The van der Waals surface area contributed by atoms with Crippen molar-refractivity contribution in [2.45, 2.75) is 53.9 Å². The minimum atomic E-state index is -0.0819. The van der Waals surface area contributed by atoms with Gasteiger partial charge in [0.1, 0.15) is 12.5 Å². The number of quaternary nitrogens is 1. The number of likely N-dealkylation sites (tertiary alicyclic amines) is 1. The molecule has 0 saturated carbocycles. The Bertz CT molecular complexity index is 654. The minimum absolute atomic E-state index is 0.